The minimum absolute atomic E-state index is 0.00763. The Morgan fingerprint density at radius 1 is 1.23 bits per heavy atom. The molecule has 1 aliphatic carbocycles. The zero-order chi connectivity index (χ0) is 17.7. The Labute approximate surface area is 149 Å². The standard InChI is InChI=1S/C20H18N2O4/c1-24-20(23)15-9-13-12-4-2-3-5-14(12)21-19(13)18(22-15)11-6-7-16-17(8-11)26-10-25-16/h2-7,9,11,16-17,21H,8,10H2,1H3/t11-,16?,17+/m0/s1. The Balaban J connectivity index is 1.72. The maximum absolute atomic E-state index is 12.2. The number of nitrogens with zero attached hydrogens (tertiary/aromatic N) is 1. The van der Waals surface area contributed by atoms with Crippen LogP contribution in [-0.4, -0.2) is 42.0 Å². The minimum atomic E-state index is -0.434. The highest BCUT2D eigenvalue weighted by Crippen LogP contribution is 2.37. The van der Waals surface area contributed by atoms with E-state index in [9.17, 15) is 4.79 Å². The zero-order valence-corrected chi connectivity index (χ0v) is 14.3. The smallest absolute Gasteiger partial charge is 0.356 e. The molecular formula is C20H18N2O4. The van der Waals surface area contributed by atoms with E-state index >= 15 is 0 Å². The molecule has 1 aromatic carbocycles. The van der Waals surface area contributed by atoms with E-state index in [1.54, 1.807) is 6.07 Å². The van der Waals surface area contributed by atoms with Gasteiger partial charge in [-0.05, 0) is 18.6 Å². The average Bonchev–Trinajstić information content (AvgIpc) is 3.30. The van der Waals surface area contributed by atoms with Crippen LogP contribution in [0.2, 0.25) is 0 Å². The number of para-hydroxylation sites is 1. The summed E-state index contributed by atoms with van der Waals surface area (Å²) in [6.45, 7) is 0.323. The van der Waals surface area contributed by atoms with Crippen molar-refractivity contribution < 1.29 is 19.0 Å². The summed E-state index contributed by atoms with van der Waals surface area (Å²) in [6, 6.07) is 9.84. The summed E-state index contributed by atoms with van der Waals surface area (Å²) < 4.78 is 16.1. The molecule has 1 N–H and O–H groups in total. The second kappa shape index (κ2) is 5.93. The van der Waals surface area contributed by atoms with Crippen molar-refractivity contribution in [3.8, 4) is 0 Å². The van der Waals surface area contributed by atoms with E-state index in [-0.39, 0.29) is 18.1 Å². The van der Waals surface area contributed by atoms with Gasteiger partial charge in [-0.2, -0.15) is 0 Å². The van der Waals surface area contributed by atoms with Gasteiger partial charge in [-0.1, -0.05) is 30.4 Å². The fraction of sp³-hybridized carbons (Fsp3) is 0.300. The summed E-state index contributed by atoms with van der Waals surface area (Å²) in [7, 11) is 1.37. The highest BCUT2D eigenvalue weighted by Gasteiger charge is 2.34. The van der Waals surface area contributed by atoms with E-state index in [2.05, 4.69) is 16.0 Å². The monoisotopic (exact) mass is 350 g/mol. The lowest BCUT2D eigenvalue weighted by molar-refractivity contribution is 0.0416. The summed E-state index contributed by atoms with van der Waals surface area (Å²) >= 11 is 0. The molecule has 2 aromatic heterocycles. The summed E-state index contributed by atoms with van der Waals surface area (Å²) in [6.07, 6.45) is 4.93. The van der Waals surface area contributed by atoms with Crippen LogP contribution in [0.5, 0.6) is 0 Å². The lowest BCUT2D eigenvalue weighted by Crippen LogP contribution is -2.27. The molecule has 1 unspecified atom stereocenters. The van der Waals surface area contributed by atoms with Crippen LogP contribution in [0.25, 0.3) is 21.8 Å². The molecule has 26 heavy (non-hydrogen) atoms. The Morgan fingerprint density at radius 2 is 2.12 bits per heavy atom. The van der Waals surface area contributed by atoms with Crippen LogP contribution in [0.1, 0.15) is 28.5 Å². The van der Waals surface area contributed by atoms with E-state index in [0.717, 1.165) is 33.9 Å². The number of methoxy groups -OCH3 is 1. The lowest BCUT2D eigenvalue weighted by atomic mass is 9.88. The number of fused-ring (bicyclic) bond motifs is 4. The first kappa shape index (κ1) is 15.5. The highest BCUT2D eigenvalue weighted by atomic mass is 16.7. The van der Waals surface area contributed by atoms with Crippen molar-refractivity contribution in [3.05, 3.63) is 53.9 Å². The third-order valence-corrected chi connectivity index (χ3v) is 5.20. The van der Waals surface area contributed by atoms with Crippen molar-refractivity contribution in [1.82, 2.24) is 9.97 Å². The van der Waals surface area contributed by atoms with Gasteiger partial charge in [-0.25, -0.2) is 9.78 Å². The van der Waals surface area contributed by atoms with Crippen molar-refractivity contribution >= 4 is 27.8 Å². The molecule has 5 rings (SSSR count). The third-order valence-electron chi connectivity index (χ3n) is 5.20. The number of esters is 1. The molecule has 3 aromatic rings. The molecule has 1 saturated heterocycles. The van der Waals surface area contributed by atoms with Gasteiger partial charge in [-0.15, -0.1) is 0 Å². The second-order valence-corrected chi connectivity index (χ2v) is 6.66. The number of pyridine rings is 1. The molecule has 1 fully saturated rings. The molecule has 0 radical (unpaired) electrons. The fourth-order valence-electron chi connectivity index (χ4n) is 3.91. The van der Waals surface area contributed by atoms with Crippen LogP contribution in [0.3, 0.4) is 0 Å². The van der Waals surface area contributed by atoms with Gasteiger partial charge >= 0.3 is 5.97 Å². The highest BCUT2D eigenvalue weighted by molar-refractivity contribution is 6.09. The van der Waals surface area contributed by atoms with Crippen molar-refractivity contribution in [3.63, 3.8) is 0 Å². The summed E-state index contributed by atoms with van der Waals surface area (Å²) in [4.78, 5) is 20.3. The number of carbonyl (C=O) groups excluding carboxylic acids is 1. The van der Waals surface area contributed by atoms with Crippen molar-refractivity contribution in [2.75, 3.05) is 13.9 Å². The first-order valence-electron chi connectivity index (χ1n) is 8.66. The van der Waals surface area contributed by atoms with E-state index in [1.807, 2.05) is 30.3 Å². The molecule has 0 amide bonds. The number of H-pyrrole nitrogens is 1. The van der Waals surface area contributed by atoms with Crippen LogP contribution in [0, 0.1) is 0 Å². The molecule has 0 bridgehead atoms. The first-order valence-corrected chi connectivity index (χ1v) is 8.66. The number of nitrogens with one attached hydrogen (secondary N) is 1. The van der Waals surface area contributed by atoms with Gasteiger partial charge in [0.1, 0.15) is 18.6 Å². The van der Waals surface area contributed by atoms with E-state index in [1.165, 1.54) is 7.11 Å². The summed E-state index contributed by atoms with van der Waals surface area (Å²) in [5.74, 6) is -0.394. The van der Waals surface area contributed by atoms with Gasteiger partial charge in [-0.3, -0.25) is 0 Å². The maximum Gasteiger partial charge on any atom is 0.356 e. The molecule has 0 spiro atoms. The second-order valence-electron chi connectivity index (χ2n) is 6.66. The topological polar surface area (TPSA) is 73.4 Å². The first-order chi connectivity index (χ1) is 12.7. The van der Waals surface area contributed by atoms with Gasteiger partial charge in [0.15, 0.2) is 0 Å². The van der Waals surface area contributed by atoms with Gasteiger partial charge in [0.25, 0.3) is 0 Å². The van der Waals surface area contributed by atoms with Gasteiger partial charge in [0.2, 0.25) is 0 Å². The molecule has 0 saturated carbocycles. The predicted molar refractivity (Wildman–Crippen MR) is 96.1 cm³/mol. The van der Waals surface area contributed by atoms with E-state index in [4.69, 9.17) is 14.2 Å². The molecule has 3 heterocycles. The number of carbonyl (C=O) groups is 1. The molecule has 1 aliphatic heterocycles. The van der Waals surface area contributed by atoms with Crippen molar-refractivity contribution in [1.29, 1.82) is 0 Å². The molecular weight excluding hydrogens is 332 g/mol. The molecule has 2 aliphatic rings. The quantitative estimate of drug-likeness (QED) is 0.567. The molecule has 6 heteroatoms. The third kappa shape index (κ3) is 2.34. The predicted octanol–water partition coefficient (Wildman–Crippen LogP) is 3.29. The SMILES string of the molecule is COC(=O)c1cc2c([nH]c3ccccc32)c([C@H]2C=CC3OCO[C@@H]3C2)n1. The van der Waals surface area contributed by atoms with E-state index < -0.39 is 5.97 Å². The number of benzene rings is 1. The Bertz CT molecular complexity index is 1040. The number of aromatic amines is 1. The number of aromatic nitrogens is 2. The number of hydrogen-bond donors (Lipinski definition) is 1. The Kier molecular flexibility index (Phi) is 3.55. The maximum atomic E-state index is 12.2. The Morgan fingerprint density at radius 3 is 3.00 bits per heavy atom. The van der Waals surface area contributed by atoms with Crippen molar-refractivity contribution in [2.24, 2.45) is 0 Å². The van der Waals surface area contributed by atoms with Gasteiger partial charge in [0.05, 0.1) is 24.4 Å². The van der Waals surface area contributed by atoms with Crippen LogP contribution in [-0.2, 0) is 14.2 Å². The Hall–Kier alpha value is -2.70. The minimum Gasteiger partial charge on any atom is -0.464 e. The van der Waals surface area contributed by atoms with Crippen LogP contribution < -0.4 is 0 Å². The zero-order valence-electron chi connectivity index (χ0n) is 14.3. The van der Waals surface area contributed by atoms with Gasteiger partial charge < -0.3 is 19.2 Å². The van der Waals surface area contributed by atoms with E-state index in [0.29, 0.717) is 12.5 Å². The fourth-order valence-corrected chi connectivity index (χ4v) is 3.91. The van der Waals surface area contributed by atoms with Crippen LogP contribution in [0.4, 0.5) is 0 Å². The summed E-state index contributed by atoms with van der Waals surface area (Å²) in [5.41, 5.74) is 3.12. The van der Waals surface area contributed by atoms with Crippen molar-refractivity contribution in [2.45, 2.75) is 24.5 Å². The van der Waals surface area contributed by atoms with Gasteiger partial charge in [0, 0.05) is 22.2 Å². The summed E-state index contributed by atoms with van der Waals surface area (Å²) in [5, 5.41) is 2.04. The number of allylic oxidation sites excluding steroid dienone is 1. The lowest BCUT2D eigenvalue weighted by Gasteiger charge is -2.24. The molecule has 3 atom stereocenters. The average molecular weight is 350 g/mol. The molecule has 6 nitrogen and oxygen atoms in total. The largest absolute Gasteiger partial charge is 0.464 e. The molecule has 132 valence electrons. The number of rotatable bonds is 2. The normalized spacial score (nSPS) is 24.9. The van der Waals surface area contributed by atoms with Crippen LogP contribution in [0.15, 0.2) is 42.5 Å². The van der Waals surface area contributed by atoms with Crippen LogP contribution >= 0.6 is 0 Å². The number of ether oxygens (including phenoxy) is 3. The number of hydrogen-bond acceptors (Lipinski definition) is 5.